The van der Waals surface area contributed by atoms with Crippen molar-refractivity contribution in [3.8, 4) is 0 Å². The van der Waals surface area contributed by atoms with Crippen LogP contribution in [0.15, 0.2) is 24.3 Å². The Labute approximate surface area is 291 Å². The van der Waals surface area contributed by atoms with Gasteiger partial charge in [0.25, 0.3) is 0 Å². The summed E-state index contributed by atoms with van der Waals surface area (Å²) < 4.78 is 12.8. The molecule has 0 N–H and O–H groups in total. The van der Waals surface area contributed by atoms with Crippen LogP contribution in [0.2, 0.25) is 0 Å². The van der Waals surface area contributed by atoms with Gasteiger partial charge in [0.15, 0.2) is 0 Å². The molecule has 2 atom stereocenters. The van der Waals surface area contributed by atoms with Crippen molar-refractivity contribution in [2.24, 2.45) is 0 Å². The lowest BCUT2D eigenvalue weighted by Crippen LogP contribution is -2.40. The number of ether oxygens (including phenoxy) is 2. The van der Waals surface area contributed by atoms with E-state index >= 15 is 0 Å². The van der Waals surface area contributed by atoms with Crippen molar-refractivity contribution in [3.05, 3.63) is 24.3 Å². The Morgan fingerprint density at radius 2 is 0.696 bits per heavy atom. The van der Waals surface area contributed by atoms with Crippen molar-refractivity contribution in [1.29, 1.82) is 0 Å². The summed E-state index contributed by atoms with van der Waals surface area (Å²) in [5, 5.41) is 0. The van der Waals surface area contributed by atoms with E-state index in [9.17, 15) is 0 Å². The minimum atomic E-state index is 0.178. The molecule has 0 unspecified atom stereocenters. The summed E-state index contributed by atoms with van der Waals surface area (Å²) >= 11 is 0. The smallest absolute Gasteiger partial charge is 0.0962 e. The molecule has 0 aliphatic heterocycles. The summed E-state index contributed by atoms with van der Waals surface area (Å²) in [6.07, 6.45) is 48.8. The third kappa shape index (κ3) is 34.7. The normalized spacial score (nSPS) is 13.5. The number of unbranched alkanes of at least 4 members (excludes halogenated alkanes) is 24. The predicted octanol–water partition coefficient (Wildman–Crippen LogP) is 13.8. The van der Waals surface area contributed by atoms with Gasteiger partial charge in [0.2, 0.25) is 0 Å². The molecule has 0 heterocycles. The van der Waals surface area contributed by atoms with Gasteiger partial charge in [-0.3, -0.25) is 0 Å². The zero-order valence-electron chi connectivity index (χ0n) is 32.4. The quantitative estimate of drug-likeness (QED) is 0.0491. The van der Waals surface area contributed by atoms with Gasteiger partial charge >= 0.3 is 0 Å². The molecule has 0 radical (unpaired) electrons. The second kappa shape index (κ2) is 38.8. The first kappa shape index (κ1) is 45.4. The standard InChI is InChI=1S/C43H85NO2/c1-6-9-11-13-15-17-19-21-23-25-27-29-31-33-35-37-39-45-42(8-3)43(41-44(4)5)46-40-38-36-34-32-30-28-26-24-22-20-18-16-14-12-10-7-2/h21-24,42-43H,6-20,25-41H2,1-5H3/b23-21-,24-22-/t42-,43-/m1/s1. The Morgan fingerprint density at radius 1 is 0.391 bits per heavy atom. The molecule has 3 heteroatoms. The van der Waals surface area contributed by atoms with Gasteiger partial charge in [-0.25, -0.2) is 0 Å². The predicted molar refractivity (Wildman–Crippen MR) is 207 cm³/mol. The SMILES string of the molecule is CCCCCCCC/C=C\CCCCCCCCO[C@H](CC)[C@@H](CN(C)C)OCCCCCCCC/C=C\CCCCCCCC. The average molecular weight is 648 g/mol. The molecule has 274 valence electrons. The van der Waals surface area contributed by atoms with Crippen molar-refractivity contribution >= 4 is 0 Å². The summed E-state index contributed by atoms with van der Waals surface area (Å²) in [4.78, 5) is 2.25. The van der Waals surface area contributed by atoms with Gasteiger partial charge < -0.3 is 14.4 Å². The van der Waals surface area contributed by atoms with E-state index in [0.717, 1.165) is 26.2 Å². The average Bonchev–Trinajstić information content (AvgIpc) is 3.05. The maximum absolute atomic E-state index is 6.43. The molecule has 0 saturated carbocycles. The fourth-order valence-electron chi connectivity index (χ4n) is 6.29. The van der Waals surface area contributed by atoms with Crippen LogP contribution in [0.4, 0.5) is 0 Å². The lowest BCUT2D eigenvalue weighted by atomic mass is 10.1. The van der Waals surface area contributed by atoms with Gasteiger partial charge in [-0.1, -0.05) is 161 Å². The van der Waals surface area contributed by atoms with E-state index in [1.54, 1.807) is 0 Å². The van der Waals surface area contributed by atoms with Crippen LogP contribution in [0.5, 0.6) is 0 Å². The second-order valence-corrected chi connectivity index (χ2v) is 14.4. The van der Waals surface area contributed by atoms with Crippen molar-refractivity contribution in [2.75, 3.05) is 33.9 Å². The first-order valence-electron chi connectivity index (χ1n) is 20.8. The molecule has 0 aliphatic rings. The molecule has 0 rings (SSSR count). The maximum Gasteiger partial charge on any atom is 0.0962 e. The molecule has 0 saturated heterocycles. The van der Waals surface area contributed by atoms with Crippen LogP contribution >= 0.6 is 0 Å². The van der Waals surface area contributed by atoms with Crippen molar-refractivity contribution in [2.45, 2.75) is 219 Å². The monoisotopic (exact) mass is 648 g/mol. The molecule has 0 amide bonds. The number of rotatable bonds is 38. The van der Waals surface area contributed by atoms with E-state index in [0.29, 0.717) is 0 Å². The first-order valence-corrected chi connectivity index (χ1v) is 20.8. The van der Waals surface area contributed by atoms with Gasteiger partial charge in [0.05, 0.1) is 12.2 Å². The fourth-order valence-corrected chi connectivity index (χ4v) is 6.29. The van der Waals surface area contributed by atoms with E-state index in [1.165, 1.54) is 180 Å². The molecular weight excluding hydrogens is 562 g/mol. The van der Waals surface area contributed by atoms with Gasteiger partial charge in [-0.15, -0.1) is 0 Å². The topological polar surface area (TPSA) is 21.7 Å². The summed E-state index contributed by atoms with van der Waals surface area (Å²) in [6.45, 7) is 9.52. The van der Waals surface area contributed by atoms with E-state index in [-0.39, 0.29) is 12.2 Å². The van der Waals surface area contributed by atoms with Crippen molar-refractivity contribution in [3.63, 3.8) is 0 Å². The molecule has 0 spiro atoms. The molecule has 0 aromatic carbocycles. The van der Waals surface area contributed by atoms with Gasteiger partial charge in [-0.05, 0) is 84.7 Å². The molecule has 0 fully saturated rings. The van der Waals surface area contributed by atoms with E-state index < -0.39 is 0 Å². The van der Waals surface area contributed by atoms with Gasteiger partial charge in [-0.2, -0.15) is 0 Å². The lowest BCUT2D eigenvalue weighted by Gasteiger charge is -2.29. The van der Waals surface area contributed by atoms with Crippen LogP contribution in [0.25, 0.3) is 0 Å². The lowest BCUT2D eigenvalue weighted by molar-refractivity contribution is -0.0833. The van der Waals surface area contributed by atoms with Gasteiger partial charge in [0, 0.05) is 19.8 Å². The first-order chi connectivity index (χ1) is 22.7. The Morgan fingerprint density at radius 3 is 1.02 bits per heavy atom. The third-order valence-corrected chi connectivity index (χ3v) is 9.34. The minimum Gasteiger partial charge on any atom is -0.375 e. The zero-order chi connectivity index (χ0) is 33.6. The minimum absolute atomic E-state index is 0.178. The Kier molecular flexibility index (Phi) is 38.3. The molecule has 0 aliphatic carbocycles. The summed E-state index contributed by atoms with van der Waals surface area (Å²) in [5.41, 5.74) is 0. The van der Waals surface area contributed by atoms with Crippen LogP contribution in [0.1, 0.15) is 207 Å². The number of hydrogen-bond donors (Lipinski definition) is 0. The summed E-state index contributed by atoms with van der Waals surface area (Å²) in [6, 6.07) is 0. The molecule has 0 aromatic rings. The third-order valence-electron chi connectivity index (χ3n) is 9.34. The van der Waals surface area contributed by atoms with Crippen LogP contribution in [0.3, 0.4) is 0 Å². The number of allylic oxidation sites excluding steroid dienone is 4. The van der Waals surface area contributed by atoms with Crippen LogP contribution in [0, 0.1) is 0 Å². The number of likely N-dealkylation sites (N-methyl/N-ethyl adjacent to an activating group) is 1. The van der Waals surface area contributed by atoms with Crippen LogP contribution < -0.4 is 0 Å². The van der Waals surface area contributed by atoms with Crippen molar-refractivity contribution < 1.29 is 9.47 Å². The zero-order valence-corrected chi connectivity index (χ0v) is 32.4. The molecular formula is C43H85NO2. The highest BCUT2D eigenvalue weighted by Crippen LogP contribution is 2.15. The van der Waals surface area contributed by atoms with Gasteiger partial charge in [0.1, 0.15) is 0 Å². The second-order valence-electron chi connectivity index (χ2n) is 14.4. The Hall–Kier alpha value is -0.640. The fraction of sp³-hybridized carbons (Fsp3) is 0.907. The largest absolute Gasteiger partial charge is 0.375 e. The van der Waals surface area contributed by atoms with E-state index in [1.807, 2.05) is 0 Å². The Balaban J connectivity index is 3.77. The molecule has 3 nitrogen and oxygen atoms in total. The maximum atomic E-state index is 6.43. The van der Waals surface area contributed by atoms with Crippen molar-refractivity contribution in [1.82, 2.24) is 4.90 Å². The molecule has 0 bridgehead atoms. The van der Waals surface area contributed by atoms with E-state index in [4.69, 9.17) is 9.47 Å². The summed E-state index contributed by atoms with van der Waals surface area (Å²) in [5.74, 6) is 0. The highest BCUT2D eigenvalue weighted by atomic mass is 16.5. The highest BCUT2D eigenvalue weighted by Gasteiger charge is 2.22. The van der Waals surface area contributed by atoms with Crippen LogP contribution in [-0.2, 0) is 9.47 Å². The highest BCUT2D eigenvalue weighted by molar-refractivity contribution is 4.82. The summed E-state index contributed by atoms with van der Waals surface area (Å²) in [7, 11) is 4.30. The molecule has 46 heavy (non-hydrogen) atoms. The number of hydrogen-bond acceptors (Lipinski definition) is 3. The van der Waals surface area contributed by atoms with Crippen LogP contribution in [-0.4, -0.2) is 51.0 Å². The number of nitrogens with zero attached hydrogens (tertiary/aromatic N) is 1. The molecule has 0 aromatic heterocycles. The van der Waals surface area contributed by atoms with E-state index in [2.05, 4.69) is 64.1 Å². The Bertz CT molecular complexity index is 616.